The third-order valence-electron chi connectivity index (χ3n) is 4.25. The second-order valence-electron chi connectivity index (χ2n) is 6.19. The van der Waals surface area contributed by atoms with Gasteiger partial charge >= 0.3 is 0 Å². The molecule has 25 heavy (non-hydrogen) atoms. The van der Waals surface area contributed by atoms with E-state index >= 15 is 0 Å². The van der Waals surface area contributed by atoms with Gasteiger partial charge in [0.05, 0.1) is 12.2 Å². The summed E-state index contributed by atoms with van der Waals surface area (Å²) in [5.74, 6) is 1.30. The van der Waals surface area contributed by atoms with Gasteiger partial charge in [-0.3, -0.25) is 4.79 Å². The number of hydrogen-bond acceptors (Lipinski definition) is 2. The number of hydrogen-bond donors (Lipinski definition) is 1. The van der Waals surface area contributed by atoms with Gasteiger partial charge in [0.15, 0.2) is 0 Å². The highest BCUT2D eigenvalue weighted by atomic mass is 79.9. The zero-order chi connectivity index (χ0) is 18.2. The molecule has 0 radical (unpaired) electrons. The Labute approximate surface area is 158 Å². The van der Waals surface area contributed by atoms with Gasteiger partial charge in [-0.05, 0) is 64.0 Å². The van der Waals surface area contributed by atoms with Crippen LogP contribution in [-0.2, 0) is 6.54 Å². The summed E-state index contributed by atoms with van der Waals surface area (Å²) in [4.78, 5) is 12.3. The van der Waals surface area contributed by atoms with Crippen molar-refractivity contribution in [1.82, 2.24) is 5.32 Å². The van der Waals surface area contributed by atoms with E-state index < -0.39 is 0 Å². The summed E-state index contributed by atoms with van der Waals surface area (Å²) in [7, 11) is 0. The maximum Gasteiger partial charge on any atom is 0.252 e. The van der Waals surface area contributed by atoms with E-state index in [0.717, 1.165) is 28.6 Å². The van der Waals surface area contributed by atoms with Crippen molar-refractivity contribution >= 4 is 21.8 Å². The van der Waals surface area contributed by atoms with Crippen LogP contribution in [0.1, 0.15) is 61.0 Å². The monoisotopic (exact) mass is 403 g/mol. The number of benzene rings is 2. The van der Waals surface area contributed by atoms with Gasteiger partial charge in [-0.15, -0.1) is 0 Å². The highest BCUT2D eigenvalue weighted by Gasteiger charge is 2.13. The van der Waals surface area contributed by atoms with Gasteiger partial charge in [0, 0.05) is 11.0 Å². The summed E-state index contributed by atoms with van der Waals surface area (Å²) in [6.07, 6.45) is 2.05. The Morgan fingerprint density at radius 1 is 1.20 bits per heavy atom. The number of halogens is 1. The fraction of sp³-hybridized carbons (Fsp3) is 0.381. The summed E-state index contributed by atoms with van der Waals surface area (Å²) < 4.78 is 6.74. The number of rotatable bonds is 8. The molecule has 0 spiro atoms. The Morgan fingerprint density at radius 2 is 1.96 bits per heavy atom. The van der Waals surface area contributed by atoms with Crippen LogP contribution in [0.3, 0.4) is 0 Å². The Hall–Kier alpha value is -1.81. The molecule has 1 amide bonds. The Morgan fingerprint density at radius 3 is 2.64 bits per heavy atom. The first-order valence-corrected chi connectivity index (χ1v) is 9.64. The molecule has 1 atom stereocenters. The first-order valence-electron chi connectivity index (χ1n) is 8.85. The van der Waals surface area contributed by atoms with Crippen LogP contribution in [-0.4, -0.2) is 12.5 Å². The minimum atomic E-state index is -0.0884. The zero-order valence-corrected chi connectivity index (χ0v) is 16.7. The van der Waals surface area contributed by atoms with Crippen molar-refractivity contribution in [3.05, 3.63) is 63.6 Å². The molecule has 2 aromatic rings. The van der Waals surface area contributed by atoms with Crippen LogP contribution in [0.15, 0.2) is 46.9 Å². The van der Waals surface area contributed by atoms with Crippen LogP contribution in [0.5, 0.6) is 5.75 Å². The Bertz CT molecular complexity index is 715. The van der Waals surface area contributed by atoms with E-state index in [1.807, 2.05) is 18.2 Å². The van der Waals surface area contributed by atoms with Crippen LogP contribution in [0.2, 0.25) is 0 Å². The molecule has 4 heteroatoms. The number of carbonyl (C=O) groups excluding carboxylic acids is 1. The van der Waals surface area contributed by atoms with Crippen molar-refractivity contribution in [1.29, 1.82) is 0 Å². The molecule has 0 heterocycles. The fourth-order valence-electron chi connectivity index (χ4n) is 2.58. The van der Waals surface area contributed by atoms with E-state index in [-0.39, 0.29) is 5.91 Å². The maximum atomic E-state index is 12.3. The standard InChI is InChI=1S/C21H26BrNO2/c1-4-12-25-20-13-16(10-11-17(20)15(3)5-2)14-23-21(24)18-8-6-7-9-19(18)22/h6-11,13,15H,4-5,12,14H2,1-3H3,(H,23,24). The molecule has 1 unspecified atom stereocenters. The molecule has 0 saturated heterocycles. The van der Waals surface area contributed by atoms with Gasteiger partial charge < -0.3 is 10.1 Å². The lowest BCUT2D eigenvalue weighted by molar-refractivity contribution is 0.0950. The summed E-state index contributed by atoms with van der Waals surface area (Å²) in [5, 5.41) is 2.98. The van der Waals surface area contributed by atoms with E-state index in [1.165, 1.54) is 5.56 Å². The van der Waals surface area contributed by atoms with Crippen molar-refractivity contribution in [3.63, 3.8) is 0 Å². The van der Waals surface area contributed by atoms with Crippen LogP contribution in [0.4, 0.5) is 0 Å². The lowest BCUT2D eigenvalue weighted by Gasteiger charge is -2.17. The average molecular weight is 404 g/mol. The predicted octanol–water partition coefficient (Wildman–Crippen LogP) is 5.68. The lowest BCUT2D eigenvalue weighted by atomic mass is 9.96. The van der Waals surface area contributed by atoms with Gasteiger partial charge in [-0.25, -0.2) is 0 Å². The zero-order valence-electron chi connectivity index (χ0n) is 15.1. The second kappa shape index (κ2) is 9.62. The second-order valence-corrected chi connectivity index (χ2v) is 7.05. The SMILES string of the molecule is CCCOc1cc(CNC(=O)c2ccccc2Br)ccc1C(C)CC. The molecular weight excluding hydrogens is 378 g/mol. The van der Waals surface area contributed by atoms with E-state index in [1.54, 1.807) is 6.07 Å². The van der Waals surface area contributed by atoms with Crippen molar-refractivity contribution in [2.45, 2.75) is 46.1 Å². The quantitative estimate of drug-likeness (QED) is 0.615. The number of ether oxygens (including phenoxy) is 1. The minimum Gasteiger partial charge on any atom is -0.493 e. The summed E-state index contributed by atoms with van der Waals surface area (Å²) >= 11 is 3.42. The molecule has 0 saturated carbocycles. The third kappa shape index (κ3) is 5.33. The smallest absolute Gasteiger partial charge is 0.252 e. The first-order chi connectivity index (χ1) is 12.1. The van der Waals surface area contributed by atoms with E-state index in [4.69, 9.17) is 4.74 Å². The molecule has 134 valence electrons. The van der Waals surface area contributed by atoms with E-state index in [0.29, 0.717) is 24.6 Å². The molecule has 2 rings (SSSR count). The number of amides is 1. The summed E-state index contributed by atoms with van der Waals surface area (Å²) in [6.45, 7) is 7.67. The van der Waals surface area contributed by atoms with Crippen molar-refractivity contribution in [2.24, 2.45) is 0 Å². The molecule has 0 fully saturated rings. The molecule has 0 aliphatic heterocycles. The van der Waals surface area contributed by atoms with E-state index in [9.17, 15) is 4.79 Å². The van der Waals surface area contributed by atoms with Crippen LogP contribution in [0.25, 0.3) is 0 Å². The van der Waals surface area contributed by atoms with Gasteiger partial charge in [-0.1, -0.05) is 45.0 Å². The van der Waals surface area contributed by atoms with Crippen LogP contribution in [0, 0.1) is 0 Å². The Balaban J connectivity index is 2.11. The fourth-order valence-corrected chi connectivity index (χ4v) is 3.04. The minimum absolute atomic E-state index is 0.0884. The summed E-state index contributed by atoms with van der Waals surface area (Å²) in [6, 6.07) is 13.7. The lowest BCUT2D eigenvalue weighted by Crippen LogP contribution is -2.23. The first kappa shape index (κ1) is 19.5. The maximum absolute atomic E-state index is 12.3. The highest BCUT2D eigenvalue weighted by molar-refractivity contribution is 9.10. The molecule has 0 aliphatic rings. The molecule has 2 aromatic carbocycles. The van der Waals surface area contributed by atoms with Crippen molar-refractivity contribution in [2.75, 3.05) is 6.61 Å². The third-order valence-corrected chi connectivity index (χ3v) is 4.95. The largest absolute Gasteiger partial charge is 0.493 e. The number of nitrogens with one attached hydrogen (secondary N) is 1. The van der Waals surface area contributed by atoms with Gasteiger partial charge in [0.25, 0.3) is 5.91 Å². The molecule has 0 aliphatic carbocycles. The van der Waals surface area contributed by atoms with E-state index in [2.05, 4.69) is 60.2 Å². The molecule has 0 bridgehead atoms. The van der Waals surface area contributed by atoms with Gasteiger partial charge in [0.2, 0.25) is 0 Å². The average Bonchev–Trinajstić information content (AvgIpc) is 2.64. The molecular formula is C21H26BrNO2. The van der Waals surface area contributed by atoms with Gasteiger partial charge in [-0.2, -0.15) is 0 Å². The highest BCUT2D eigenvalue weighted by Crippen LogP contribution is 2.30. The van der Waals surface area contributed by atoms with Crippen LogP contribution >= 0.6 is 15.9 Å². The molecule has 0 aromatic heterocycles. The van der Waals surface area contributed by atoms with Crippen molar-refractivity contribution in [3.8, 4) is 5.75 Å². The van der Waals surface area contributed by atoms with Crippen LogP contribution < -0.4 is 10.1 Å². The topological polar surface area (TPSA) is 38.3 Å². The summed E-state index contributed by atoms with van der Waals surface area (Å²) in [5.41, 5.74) is 2.91. The molecule has 3 nitrogen and oxygen atoms in total. The normalized spacial score (nSPS) is 11.8. The molecule has 1 N–H and O–H groups in total. The van der Waals surface area contributed by atoms with Crippen molar-refractivity contribution < 1.29 is 9.53 Å². The number of carbonyl (C=O) groups is 1. The van der Waals surface area contributed by atoms with Gasteiger partial charge in [0.1, 0.15) is 5.75 Å². The predicted molar refractivity (Wildman–Crippen MR) is 106 cm³/mol. The Kier molecular flexibility index (Phi) is 7.51.